The van der Waals surface area contributed by atoms with Gasteiger partial charge in [-0.1, -0.05) is 29.8 Å². The van der Waals surface area contributed by atoms with E-state index in [1.54, 1.807) is 59.3 Å². The molecule has 0 unspecified atom stereocenters. The summed E-state index contributed by atoms with van der Waals surface area (Å²) in [6.07, 6.45) is 2.55. The van der Waals surface area contributed by atoms with Crippen LogP contribution in [-0.2, 0) is 11.3 Å². The summed E-state index contributed by atoms with van der Waals surface area (Å²) in [5.74, 6) is 0.365. The van der Waals surface area contributed by atoms with Crippen LogP contribution in [0.3, 0.4) is 0 Å². The van der Waals surface area contributed by atoms with Gasteiger partial charge in [0.15, 0.2) is 0 Å². The van der Waals surface area contributed by atoms with Gasteiger partial charge in [-0.05, 0) is 42.0 Å². The number of rotatable bonds is 8. The van der Waals surface area contributed by atoms with E-state index >= 15 is 0 Å². The van der Waals surface area contributed by atoms with Crippen molar-refractivity contribution in [1.82, 2.24) is 10.2 Å². The largest absolute Gasteiger partial charge is 0.340 e. The third kappa shape index (κ3) is 5.76. The van der Waals surface area contributed by atoms with Gasteiger partial charge in [0.25, 0.3) is 5.91 Å². The van der Waals surface area contributed by atoms with Gasteiger partial charge in [-0.25, -0.2) is 0 Å². The molecule has 1 aromatic heterocycles. The summed E-state index contributed by atoms with van der Waals surface area (Å²) < 4.78 is 0. The number of thiophene rings is 1. The maximum absolute atomic E-state index is 12.8. The zero-order valence-corrected chi connectivity index (χ0v) is 16.6. The summed E-state index contributed by atoms with van der Waals surface area (Å²) in [4.78, 5) is 28.1. The summed E-state index contributed by atoms with van der Waals surface area (Å²) in [5, 5.41) is 5.21. The van der Waals surface area contributed by atoms with Crippen LogP contribution >= 0.6 is 34.7 Å². The summed E-state index contributed by atoms with van der Waals surface area (Å²) in [6, 6.07) is 10.2. The molecule has 0 saturated heterocycles. The highest BCUT2D eigenvalue weighted by Gasteiger charge is 2.25. The van der Waals surface area contributed by atoms with Crippen LogP contribution in [0.15, 0.2) is 41.8 Å². The Morgan fingerprint density at radius 2 is 2.04 bits per heavy atom. The fourth-order valence-electron chi connectivity index (χ4n) is 2.35. The number of thioether (sulfide) groups is 1. The van der Waals surface area contributed by atoms with E-state index in [-0.39, 0.29) is 11.8 Å². The van der Waals surface area contributed by atoms with Crippen molar-refractivity contribution in [3.8, 4) is 0 Å². The molecule has 2 rings (SSSR count). The Morgan fingerprint density at radius 3 is 2.68 bits per heavy atom. The molecular weight excluding hydrogens is 376 g/mol. The topological polar surface area (TPSA) is 49.4 Å². The van der Waals surface area contributed by atoms with Crippen molar-refractivity contribution in [3.05, 3.63) is 57.2 Å². The van der Waals surface area contributed by atoms with Gasteiger partial charge in [-0.15, -0.1) is 11.3 Å². The molecule has 7 heteroatoms. The number of carbonyl (C=O) groups is 2. The lowest BCUT2D eigenvalue weighted by molar-refractivity contribution is -0.132. The number of hydrogen-bond acceptors (Lipinski definition) is 4. The molecule has 0 aliphatic rings. The summed E-state index contributed by atoms with van der Waals surface area (Å²) in [6.45, 7) is 0.536. The summed E-state index contributed by atoms with van der Waals surface area (Å²) in [7, 11) is 1.76. The molecule has 0 radical (unpaired) electrons. The highest BCUT2D eigenvalue weighted by atomic mass is 35.5. The molecule has 0 saturated carbocycles. The summed E-state index contributed by atoms with van der Waals surface area (Å²) in [5.41, 5.74) is 0.382. The fourth-order valence-corrected chi connectivity index (χ4v) is 3.80. The number of nitrogens with zero attached hydrogens (tertiary/aromatic N) is 1. The normalized spacial score (nSPS) is 11.8. The average molecular weight is 397 g/mol. The van der Waals surface area contributed by atoms with E-state index in [1.165, 1.54) is 0 Å². The Balaban J connectivity index is 2.07. The van der Waals surface area contributed by atoms with E-state index in [9.17, 15) is 9.59 Å². The Labute approximate surface area is 161 Å². The maximum Gasteiger partial charge on any atom is 0.253 e. The molecule has 0 spiro atoms. The van der Waals surface area contributed by atoms with Crippen LogP contribution in [-0.4, -0.2) is 41.8 Å². The lowest BCUT2D eigenvalue weighted by Gasteiger charge is -2.24. The molecule has 2 amide bonds. The number of benzene rings is 1. The van der Waals surface area contributed by atoms with Crippen LogP contribution in [0, 0.1) is 0 Å². The number of carbonyl (C=O) groups excluding carboxylic acids is 2. The minimum absolute atomic E-state index is 0.0946. The van der Waals surface area contributed by atoms with Crippen LogP contribution in [0.5, 0.6) is 0 Å². The van der Waals surface area contributed by atoms with Gasteiger partial charge in [0.1, 0.15) is 6.04 Å². The van der Waals surface area contributed by atoms with Crippen molar-refractivity contribution in [2.75, 3.05) is 19.1 Å². The van der Waals surface area contributed by atoms with Crippen LogP contribution in [0.25, 0.3) is 0 Å². The zero-order chi connectivity index (χ0) is 18.2. The number of hydrogen-bond donors (Lipinski definition) is 1. The molecule has 0 aliphatic heterocycles. The van der Waals surface area contributed by atoms with Gasteiger partial charge in [0, 0.05) is 11.9 Å². The summed E-state index contributed by atoms with van der Waals surface area (Å²) >= 11 is 9.34. The predicted molar refractivity (Wildman–Crippen MR) is 106 cm³/mol. The van der Waals surface area contributed by atoms with Gasteiger partial charge >= 0.3 is 0 Å². The van der Waals surface area contributed by atoms with E-state index < -0.39 is 6.04 Å². The van der Waals surface area contributed by atoms with Crippen molar-refractivity contribution in [3.63, 3.8) is 0 Å². The Hall–Kier alpha value is -1.50. The molecule has 25 heavy (non-hydrogen) atoms. The minimum Gasteiger partial charge on any atom is -0.340 e. The van der Waals surface area contributed by atoms with Gasteiger partial charge in [-0.2, -0.15) is 11.8 Å². The molecule has 134 valence electrons. The number of amides is 2. The highest BCUT2D eigenvalue weighted by molar-refractivity contribution is 7.98. The van der Waals surface area contributed by atoms with Gasteiger partial charge in [0.2, 0.25) is 5.91 Å². The first kappa shape index (κ1) is 19.8. The van der Waals surface area contributed by atoms with Gasteiger partial charge in [-0.3, -0.25) is 9.59 Å². The van der Waals surface area contributed by atoms with Crippen molar-refractivity contribution in [2.24, 2.45) is 0 Å². The average Bonchev–Trinajstić information content (AvgIpc) is 3.11. The first-order valence-electron chi connectivity index (χ1n) is 7.84. The molecule has 1 aromatic carbocycles. The third-order valence-corrected chi connectivity index (χ3v) is 5.52. The Kier molecular flexibility index (Phi) is 7.81. The SMILES string of the molecule is CSCC[C@H](NC(=O)c1ccccc1Cl)C(=O)N(C)Cc1cccs1. The van der Waals surface area contributed by atoms with E-state index in [2.05, 4.69) is 5.32 Å². The minimum atomic E-state index is -0.568. The predicted octanol–water partition coefficient (Wildman–Crippen LogP) is 3.91. The molecule has 4 nitrogen and oxygen atoms in total. The van der Waals surface area contributed by atoms with E-state index in [4.69, 9.17) is 11.6 Å². The van der Waals surface area contributed by atoms with Crippen LogP contribution in [0.4, 0.5) is 0 Å². The molecule has 0 aliphatic carbocycles. The second kappa shape index (κ2) is 9.85. The van der Waals surface area contributed by atoms with Crippen molar-refractivity contribution in [2.45, 2.75) is 19.0 Å². The quantitative estimate of drug-likeness (QED) is 0.735. The molecule has 1 atom stereocenters. The van der Waals surface area contributed by atoms with Crippen molar-refractivity contribution >= 4 is 46.5 Å². The molecule has 1 N–H and O–H groups in total. The van der Waals surface area contributed by atoms with E-state index in [0.717, 1.165) is 10.6 Å². The molecule has 1 heterocycles. The van der Waals surface area contributed by atoms with Crippen molar-refractivity contribution < 1.29 is 9.59 Å². The lowest BCUT2D eigenvalue weighted by Crippen LogP contribution is -2.47. The van der Waals surface area contributed by atoms with Gasteiger partial charge < -0.3 is 10.2 Å². The van der Waals surface area contributed by atoms with Crippen LogP contribution in [0.2, 0.25) is 5.02 Å². The molecule has 2 aromatic rings. The number of nitrogens with one attached hydrogen (secondary N) is 1. The van der Waals surface area contributed by atoms with Crippen molar-refractivity contribution in [1.29, 1.82) is 0 Å². The fraction of sp³-hybridized carbons (Fsp3) is 0.333. The van der Waals surface area contributed by atoms with E-state index in [0.29, 0.717) is 23.6 Å². The lowest BCUT2D eigenvalue weighted by atomic mass is 10.1. The third-order valence-electron chi connectivity index (χ3n) is 3.68. The monoisotopic (exact) mass is 396 g/mol. The second-order valence-corrected chi connectivity index (χ2v) is 7.99. The molecule has 0 fully saturated rings. The smallest absolute Gasteiger partial charge is 0.253 e. The Bertz CT molecular complexity index is 707. The number of likely N-dealkylation sites (N-methyl/N-ethyl adjacent to an activating group) is 1. The van der Waals surface area contributed by atoms with E-state index in [1.807, 2.05) is 23.8 Å². The highest BCUT2D eigenvalue weighted by Crippen LogP contribution is 2.16. The molecule has 0 bridgehead atoms. The van der Waals surface area contributed by atoms with Crippen LogP contribution in [0.1, 0.15) is 21.7 Å². The van der Waals surface area contributed by atoms with Crippen LogP contribution < -0.4 is 5.32 Å². The first-order valence-corrected chi connectivity index (χ1v) is 10.5. The molecular formula is C18H21ClN2O2S2. The number of halogens is 1. The Morgan fingerprint density at radius 1 is 1.28 bits per heavy atom. The standard InChI is InChI=1S/C18H21ClN2O2S2/c1-21(12-13-6-5-10-25-13)18(23)16(9-11-24-2)20-17(22)14-7-3-4-8-15(14)19/h3-8,10,16H,9,11-12H2,1-2H3,(H,20,22)/t16-/m0/s1. The second-order valence-electron chi connectivity index (χ2n) is 5.56. The zero-order valence-electron chi connectivity index (χ0n) is 14.2. The maximum atomic E-state index is 12.8. The van der Waals surface area contributed by atoms with Gasteiger partial charge in [0.05, 0.1) is 17.1 Å². The first-order chi connectivity index (χ1) is 12.0.